The van der Waals surface area contributed by atoms with Crippen LogP contribution in [0, 0.1) is 5.41 Å². The molecule has 0 aromatic carbocycles. The summed E-state index contributed by atoms with van der Waals surface area (Å²) >= 11 is 1.82. The molecule has 0 saturated carbocycles. The molecule has 1 N–H and O–H groups in total. The first-order valence-corrected chi connectivity index (χ1v) is 8.42. The Morgan fingerprint density at radius 2 is 2.29 bits per heavy atom. The smallest absolute Gasteiger partial charge is 0.0500 e. The third-order valence-electron chi connectivity index (χ3n) is 4.46. The maximum Gasteiger partial charge on any atom is 0.0500 e. The number of hydrogen-bond donors (Lipinski definition) is 1. The van der Waals surface area contributed by atoms with Gasteiger partial charge in [-0.25, -0.2) is 0 Å². The van der Waals surface area contributed by atoms with Gasteiger partial charge < -0.3 is 5.11 Å². The van der Waals surface area contributed by atoms with E-state index in [1.165, 1.54) is 10.4 Å². The second kappa shape index (κ2) is 6.69. The Bertz CT molecular complexity index is 543. The van der Waals surface area contributed by atoms with E-state index in [1.54, 1.807) is 0 Å². The fraction of sp³-hybridized carbons (Fsp3) is 0.471. The van der Waals surface area contributed by atoms with E-state index in [9.17, 15) is 5.11 Å². The van der Waals surface area contributed by atoms with Gasteiger partial charge in [-0.3, -0.25) is 9.88 Å². The summed E-state index contributed by atoms with van der Waals surface area (Å²) in [5, 5.41) is 12.0. The lowest BCUT2D eigenvalue weighted by Crippen LogP contribution is -2.30. The molecule has 1 saturated heterocycles. The third kappa shape index (κ3) is 3.70. The van der Waals surface area contributed by atoms with Gasteiger partial charge in [0.2, 0.25) is 0 Å². The van der Waals surface area contributed by atoms with Crippen LogP contribution in [0.15, 0.2) is 42.0 Å². The first kappa shape index (κ1) is 14.7. The Morgan fingerprint density at radius 3 is 3.00 bits per heavy atom. The molecule has 3 nitrogen and oxygen atoms in total. The van der Waals surface area contributed by atoms with Gasteiger partial charge in [-0.15, -0.1) is 11.3 Å². The summed E-state index contributed by atoms with van der Waals surface area (Å²) in [6, 6.07) is 8.41. The Hall–Kier alpha value is -1.23. The average molecular weight is 302 g/mol. The minimum absolute atomic E-state index is 0.0756. The molecule has 3 rings (SSSR count). The lowest BCUT2D eigenvalue weighted by Gasteiger charge is -2.27. The lowest BCUT2D eigenvalue weighted by atomic mass is 9.83. The van der Waals surface area contributed by atoms with Gasteiger partial charge in [0.1, 0.15) is 0 Å². The molecule has 2 aromatic heterocycles. The molecular weight excluding hydrogens is 280 g/mol. The van der Waals surface area contributed by atoms with Gasteiger partial charge >= 0.3 is 0 Å². The SMILES string of the molecule is OC[C@]1(CCc2cccs2)CCN(Cc2cccnc2)C1. The molecule has 1 atom stereocenters. The predicted octanol–water partition coefficient (Wildman–Crippen LogP) is 2.96. The van der Waals surface area contributed by atoms with E-state index in [4.69, 9.17) is 0 Å². The number of aryl methyl sites for hydroxylation is 1. The summed E-state index contributed by atoms with van der Waals surface area (Å²) < 4.78 is 0. The highest BCUT2D eigenvalue weighted by molar-refractivity contribution is 7.09. The van der Waals surface area contributed by atoms with E-state index in [-0.39, 0.29) is 5.41 Å². The number of pyridine rings is 1. The fourth-order valence-electron chi connectivity index (χ4n) is 3.17. The Kier molecular flexibility index (Phi) is 4.68. The molecule has 21 heavy (non-hydrogen) atoms. The van der Waals surface area contributed by atoms with Gasteiger partial charge in [-0.05, 0) is 48.9 Å². The molecule has 0 radical (unpaired) electrons. The zero-order chi connectivity index (χ0) is 14.5. The molecule has 1 fully saturated rings. The highest BCUT2D eigenvalue weighted by Crippen LogP contribution is 2.35. The molecule has 0 unspecified atom stereocenters. The molecule has 2 aromatic rings. The van der Waals surface area contributed by atoms with Crippen molar-refractivity contribution in [3.8, 4) is 0 Å². The number of rotatable bonds is 6. The number of aliphatic hydroxyl groups excluding tert-OH is 1. The number of likely N-dealkylation sites (tertiary alicyclic amines) is 1. The van der Waals surface area contributed by atoms with Crippen LogP contribution in [0.5, 0.6) is 0 Å². The van der Waals surface area contributed by atoms with Crippen molar-refractivity contribution in [1.29, 1.82) is 0 Å². The van der Waals surface area contributed by atoms with Crippen molar-refractivity contribution >= 4 is 11.3 Å². The monoisotopic (exact) mass is 302 g/mol. The van der Waals surface area contributed by atoms with Gasteiger partial charge in [0.05, 0.1) is 0 Å². The standard InChI is InChI=1S/C17H22N2OS/c20-14-17(6-5-16-4-2-10-21-16)7-9-19(13-17)12-15-3-1-8-18-11-15/h1-4,8,10-11,20H,5-7,9,12-14H2/t17-/m1/s1. The maximum absolute atomic E-state index is 9.89. The summed E-state index contributed by atoms with van der Waals surface area (Å²) in [5.74, 6) is 0. The van der Waals surface area contributed by atoms with Crippen molar-refractivity contribution in [2.45, 2.75) is 25.8 Å². The van der Waals surface area contributed by atoms with Crippen LogP contribution >= 0.6 is 11.3 Å². The van der Waals surface area contributed by atoms with Crippen LogP contribution in [0.1, 0.15) is 23.3 Å². The molecule has 1 aliphatic heterocycles. The van der Waals surface area contributed by atoms with Gasteiger partial charge in [0.25, 0.3) is 0 Å². The highest BCUT2D eigenvalue weighted by Gasteiger charge is 2.37. The summed E-state index contributed by atoms with van der Waals surface area (Å²) in [4.78, 5) is 8.05. The largest absolute Gasteiger partial charge is 0.396 e. The van der Waals surface area contributed by atoms with Crippen molar-refractivity contribution in [2.24, 2.45) is 5.41 Å². The number of thiophene rings is 1. The molecule has 1 aliphatic rings. The van der Waals surface area contributed by atoms with Crippen molar-refractivity contribution in [1.82, 2.24) is 9.88 Å². The molecule has 112 valence electrons. The molecule has 0 bridgehead atoms. The number of hydrogen-bond acceptors (Lipinski definition) is 4. The fourth-order valence-corrected chi connectivity index (χ4v) is 3.88. The quantitative estimate of drug-likeness (QED) is 0.891. The van der Waals surface area contributed by atoms with Crippen LogP contribution in [-0.4, -0.2) is 34.7 Å². The zero-order valence-electron chi connectivity index (χ0n) is 12.2. The van der Waals surface area contributed by atoms with Gasteiger partial charge in [-0.2, -0.15) is 0 Å². The Balaban J connectivity index is 1.57. The van der Waals surface area contributed by atoms with Crippen molar-refractivity contribution < 1.29 is 5.11 Å². The topological polar surface area (TPSA) is 36.4 Å². The number of nitrogens with zero attached hydrogens (tertiary/aromatic N) is 2. The van der Waals surface area contributed by atoms with Crippen molar-refractivity contribution in [3.05, 3.63) is 52.5 Å². The molecule has 0 amide bonds. The van der Waals surface area contributed by atoms with Crippen LogP contribution < -0.4 is 0 Å². The second-order valence-electron chi connectivity index (χ2n) is 6.06. The second-order valence-corrected chi connectivity index (χ2v) is 7.09. The summed E-state index contributed by atoms with van der Waals surface area (Å²) in [6.45, 7) is 3.29. The maximum atomic E-state index is 9.89. The molecule has 3 heterocycles. The molecule has 0 aliphatic carbocycles. The molecule has 4 heteroatoms. The Labute approximate surface area is 130 Å². The van der Waals surface area contributed by atoms with Crippen LogP contribution in [-0.2, 0) is 13.0 Å². The minimum Gasteiger partial charge on any atom is -0.396 e. The molecule has 0 spiro atoms. The molecular formula is C17H22N2OS. The first-order chi connectivity index (χ1) is 10.3. The third-order valence-corrected chi connectivity index (χ3v) is 5.40. The van der Waals surface area contributed by atoms with E-state index < -0.39 is 0 Å². The number of aromatic nitrogens is 1. The number of aliphatic hydroxyl groups is 1. The predicted molar refractivity (Wildman–Crippen MR) is 86.3 cm³/mol. The van der Waals surface area contributed by atoms with Gasteiger partial charge in [0, 0.05) is 42.4 Å². The van der Waals surface area contributed by atoms with Gasteiger partial charge in [0.15, 0.2) is 0 Å². The summed E-state index contributed by atoms with van der Waals surface area (Å²) in [7, 11) is 0. The van der Waals surface area contributed by atoms with E-state index >= 15 is 0 Å². The van der Waals surface area contributed by atoms with Gasteiger partial charge in [-0.1, -0.05) is 12.1 Å². The zero-order valence-corrected chi connectivity index (χ0v) is 13.1. The van der Waals surface area contributed by atoms with Crippen molar-refractivity contribution in [2.75, 3.05) is 19.7 Å². The summed E-state index contributed by atoms with van der Waals surface area (Å²) in [5.41, 5.74) is 1.33. The van der Waals surface area contributed by atoms with Crippen LogP contribution in [0.25, 0.3) is 0 Å². The normalized spacial score (nSPS) is 22.7. The van der Waals surface area contributed by atoms with Crippen LogP contribution in [0.4, 0.5) is 0 Å². The summed E-state index contributed by atoms with van der Waals surface area (Å²) in [6.07, 6.45) is 7.00. The Morgan fingerprint density at radius 1 is 1.33 bits per heavy atom. The average Bonchev–Trinajstić information content (AvgIpc) is 3.17. The van der Waals surface area contributed by atoms with Crippen molar-refractivity contribution in [3.63, 3.8) is 0 Å². The van der Waals surface area contributed by atoms with E-state index in [0.717, 1.165) is 38.9 Å². The lowest BCUT2D eigenvalue weighted by molar-refractivity contribution is 0.118. The van der Waals surface area contributed by atoms with Crippen LogP contribution in [0.3, 0.4) is 0 Å². The van der Waals surface area contributed by atoms with E-state index in [2.05, 4.69) is 33.5 Å². The van der Waals surface area contributed by atoms with E-state index in [1.807, 2.05) is 29.8 Å². The first-order valence-electron chi connectivity index (χ1n) is 7.54. The highest BCUT2D eigenvalue weighted by atomic mass is 32.1. The minimum atomic E-state index is 0.0756. The van der Waals surface area contributed by atoms with Crippen LogP contribution in [0.2, 0.25) is 0 Å². The van der Waals surface area contributed by atoms with E-state index in [0.29, 0.717) is 6.61 Å².